The Balaban J connectivity index is 2.24. The fourth-order valence-corrected chi connectivity index (χ4v) is 2.31. The molecule has 1 aliphatic rings. The second kappa shape index (κ2) is 3.90. The molecule has 0 aliphatic carbocycles. The summed E-state index contributed by atoms with van der Waals surface area (Å²) in [6.07, 6.45) is 3.00. The molecule has 1 aromatic heterocycles. The molecular formula is C10H19N5. The Morgan fingerprint density at radius 3 is 2.80 bits per heavy atom. The van der Waals surface area contributed by atoms with Crippen molar-refractivity contribution in [3.8, 4) is 0 Å². The van der Waals surface area contributed by atoms with Crippen molar-refractivity contribution in [1.29, 1.82) is 0 Å². The van der Waals surface area contributed by atoms with Crippen molar-refractivity contribution in [2.45, 2.75) is 38.4 Å². The van der Waals surface area contributed by atoms with E-state index in [9.17, 15) is 0 Å². The number of rotatable bonds is 2. The number of aryl methyl sites for hydroxylation is 1. The Morgan fingerprint density at radius 2 is 2.27 bits per heavy atom. The molecule has 1 fully saturated rings. The Morgan fingerprint density at radius 1 is 1.53 bits per heavy atom. The third kappa shape index (κ3) is 1.89. The maximum atomic E-state index is 6.13. The summed E-state index contributed by atoms with van der Waals surface area (Å²) in [5.41, 5.74) is 7.13. The van der Waals surface area contributed by atoms with E-state index in [1.807, 2.05) is 13.2 Å². The molecular weight excluding hydrogens is 190 g/mol. The second-order valence-corrected chi connectivity index (χ2v) is 4.55. The molecule has 0 bridgehead atoms. The molecule has 15 heavy (non-hydrogen) atoms. The van der Waals surface area contributed by atoms with E-state index >= 15 is 0 Å². The summed E-state index contributed by atoms with van der Waals surface area (Å²) >= 11 is 0. The maximum Gasteiger partial charge on any atom is 0.101 e. The highest BCUT2D eigenvalue weighted by Crippen LogP contribution is 2.31. The maximum absolute atomic E-state index is 6.13. The first kappa shape index (κ1) is 10.6. The van der Waals surface area contributed by atoms with Gasteiger partial charge in [0, 0.05) is 31.9 Å². The lowest BCUT2D eigenvalue weighted by atomic mass is 10.1. The van der Waals surface area contributed by atoms with Crippen molar-refractivity contribution < 1.29 is 0 Å². The molecule has 1 saturated heterocycles. The van der Waals surface area contributed by atoms with Gasteiger partial charge in [-0.25, -0.2) is 0 Å². The minimum Gasteiger partial charge on any atom is -0.326 e. The van der Waals surface area contributed by atoms with Gasteiger partial charge in [0.15, 0.2) is 0 Å². The van der Waals surface area contributed by atoms with Crippen LogP contribution in [-0.2, 0) is 7.05 Å². The average Bonchev–Trinajstić information content (AvgIpc) is 2.71. The predicted octanol–water partition coefficient (Wildman–Crippen LogP) is 0.298. The Hall–Kier alpha value is -0.940. The van der Waals surface area contributed by atoms with E-state index in [0.717, 1.165) is 18.7 Å². The molecule has 0 aromatic carbocycles. The van der Waals surface area contributed by atoms with Crippen LogP contribution in [0.1, 0.15) is 32.0 Å². The van der Waals surface area contributed by atoms with E-state index in [1.54, 1.807) is 4.68 Å². The van der Waals surface area contributed by atoms with Gasteiger partial charge < -0.3 is 5.73 Å². The van der Waals surface area contributed by atoms with Gasteiger partial charge in [-0.15, -0.1) is 5.10 Å². The first-order valence-corrected chi connectivity index (χ1v) is 5.47. The van der Waals surface area contributed by atoms with Crippen molar-refractivity contribution in [3.05, 3.63) is 11.9 Å². The summed E-state index contributed by atoms with van der Waals surface area (Å²) in [4.78, 5) is 2.40. The molecule has 0 spiro atoms. The van der Waals surface area contributed by atoms with Gasteiger partial charge in [-0.1, -0.05) is 5.21 Å². The van der Waals surface area contributed by atoms with Crippen LogP contribution in [0.25, 0.3) is 0 Å². The van der Waals surface area contributed by atoms with Crippen LogP contribution in [0.2, 0.25) is 0 Å². The van der Waals surface area contributed by atoms with Crippen molar-refractivity contribution in [2.24, 2.45) is 12.8 Å². The number of aromatic nitrogens is 3. The summed E-state index contributed by atoms with van der Waals surface area (Å²) in [5.74, 6) is 0. The van der Waals surface area contributed by atoms with Gasteiger partial charge in [-0.2, -0.15) is 0 Å². The second-order valence-electron chi connectivity index (χ2n) is 4.55. The lowest BCUT2D eigenvalue weighted by molar-refractivity contribution is 0.194. The predicted molar refractivity (Wildman–Crippen MR) is 58.2 cm³/mol. The standard InChI is InChI=1S/C10H19N5/c1-7(2)15-5-4-8(11)10(15)9-6-14(3)13-12-9/h6-8,10H,4-5,11H2,1-3H3/t8-,10-/m0/s1. The Bertz CT molecular complexity index is 332. The molecule has 0 unspecified atom stereocenters. The van der Waals surface area contributed by atoms with Crippen LogP contribution in [0.5, 0.6) is 0 Å². The molecule has 84 valence electrons. The summed E-state index contributed by atoms with van der Waals surface area (Å²) in [6.45, 7) is 5.45. The van der Waals surface area contributed by atoms with Gasteiger partial charge in [-0.05, 0) is 20.3 Å². The van der Waals surface area contributed by atoms with Gasteiger partial charge in [0.2, 0.25) is 0 Å². The van der Waals surface area contributed by atoms with Crippen LogP contribution in [0.3, 0.4) is 0 Å². The van der Waals surface area contributed by atoms with E-state index in [2.05, 4.69) is 29.1 Å². The highest BCUT2D eigenvalue weighted by Gasteiger charge is 2.35. The molecule has 5 nitrogen and oxygen atoms in total. The number of hydrogen-bond donors (Lipinski definition) is 1. The minimum atomic E-state index is 0.184. The summed E-state index contributed by atoms with van der Waals surface area (Å²) in [6, 6.07) is 0.924. The Labute approximate surface area is 90.2 Å². The van der Waals surface area contributed by atoms with E-state index in [-0.39, 0.29) is 12.1 Å². The number of likely N-dealkylation sites (tertiary alicyclic amines) is 1. The van der Waals surface area contributed by atoms with E-state index in [1.165, 1.54) is 0 Å². The van der Waals surface area contributed by atoms with Crippen molar-refractivity contribution in [1.82, 2.24) is 19.9 Å². The highest BCUT2D eigenvalue weighted by molar-refractivity contribution is 5.09. The SMILES string of the molecule is CC(C)N1CC[C@H](N)[C@H]1c1cn(C)nn1. The van der Waals surface area contributed by atoms with Crippen LogP contribution >= 0.6 is 0 Å². The van der Waals surface area contributed by atoms with Crippen molar-refractivity contribution in [2.75, 3.05) is 6.54 Å². The largest absolute Gasteiger partial charge is 0.326 e. The molecule has 2 rings (SSSR count). The normalized spacial score (nSPS) is 27.8. The quantitative estimate of drug-likeness (QED) is 0.761. The number of nitrogens with two attached hydrogens (primary N) is 1. The Kier molecular flexibility index (Phi) is 2.75. The first-order valence-electron chi connectivity index (χ1n) is 5.47. The molecule has 1 aromatic rings. The fourth-order valence-electron chi connectivity index (χ4n) is 2.31. The third-order valence-corrected chi connectivity index (χ3v) is 3.07. The average molecular weight is 209 g/mol. The molecule has 0 saturated carbocycles. The van der Waals surface area contributed by atoms with Gasteiger partial charge in [0.25, 0.3) is 0 Å². The zero-order chi connectivity index (χ0) is 11.0. The fraction of sp³-hybridized carbons (Fsp3) is 0.800. The molecule has 5 heteroatoms. The van der Waals surface area contributed by atoms with Crippen LogP contribution in [0.15, 0.2) is 6.20 Å². The van der Waals surface area contributed by atoms with Gasteiger partial charge in [0.1, 0.15) is 5.69 Å². The molecule has 2 atom stereocenters. The number of hydrogen-bond acceptors (Lipinski definition) is 4. The minimum absolute atomic E-state index is 0.184. The lowest BCUT2D eigenvalue weighted by Crippen LogP contribution is -2.36. The zero-order valence-corrected chi connectivity index (χ0v) is 9.59. The van der Waals surface area contributed by atoms with Gasteiger partial charge >= 0.3 is 0 Å². The van der Waals surface area contributed by atoms with Crippen LogP contribution < -0.4 is 5.73 Å². The van der Waals surface area contributed by atoms with E-state index in [0.29, 0.717) is 6.04 Å². The van der Waals surface area contributed by atoms with Crippen LogP contribution in [0, 0.1) is 0 Å². The number of nitrogens with zero attached hydrogens (tertiary/aromatic N) is 4. The molecule has 0 amide bonds. The van der Waals surface area contributed by atoms with E-state index < -0.39 is 0 Å². The smallest absolute Gasteiger partial charge is 0.101 e. The molecule has 2 N–H and O–H groups in total. The third-order valence-electron chi connectivity index (χ3n) is 3.07. The molecule has 1 aliphatic heterocycles. The highest BCUT2D eigenvalue weighted by atomic mass is 15.4. The van der Waals surface area contributed by atoms with Gasteiger partial charge in [-0.3, -0.25) is 9.58 Å². The van der Waals surface area contributed by atoms with Crippen molar-refractivity contribution in [3.63, 3.8) is 0 Å². The van der Waals surface area contributed by atoms with Crippen LogP contribution in [0.4, 0.5) is 0 Å². The zero-order valence-electron chi connectivity index (χ0n) is 9.59. The van der Waals surface area contributed by atoms with Gasteiger partial charge in [0.05, 0.1) is 6.04 Å². The topological polar surface area (TPSA) is 60.0 Å². The van der Waals surface area contributed by atoms with E-state index in [4.69, 9.17) is 5.73 Å². The molecule has 0 radical (unpaired) electrons. The monoisotopic (exact) mass is 209 g/mol. The first-order chi connectivity index (χ1) is 7.09. The summed E-state index contributed by atoms with van der Waals surface area (Å²) in [7, 11) is 1.89. The van der Waals surface area contributed by atoms with Crippen LogP contribution in [-0.4, -0.2) is 38.5 Å². The summed E-state index contributed by atoms with van der Waals surface area (Å²) in [5, 5.41) is 8.15. The lowest BCUT2D eigenvalue weighted by Gasteiger charge is -2.28. The molecule has 2 heterocycles. The summed E-state index contributed by atoms with van der Waals surface area (Å²) < 4.78 is 1.74. The van der Waals surface area contributed by atoms with Crippen molar-refractivity contribution >= 4 is 0 Å².